The number of nitrogens with zero attached hydrogens (tertiary/aromatic N) is 2. The summed E-state index contributed by atoms with van der Waals surface area (Å²) in [4.78, 5) is 0. The van der Waals surface area contributed by atoms with E-state index in [-0.39, 0.29) is 19.2 Å². The van der Waals surface area contributed by atoms with E-state index >= 15 is 0 Å². The molecule has 1 aliphatic rings. The molecule has 7 nitrogen and oxygen atoms in total. The third-order valence-corrected chi connectivity index (χ3v) is 9.94. The lowest BCUT2D eigenvalue weighted by molar-refractivity contribution is 0.327. The summed E-state index contributed by atoms with van der Waals surface area (Å²) in [5.41, 5.74) is 7.54. The average molecular weight is 821 g/mol. The average Bonchev–Trinajstić information content (AvgIpc) is 3.78. The second-order valence-electron chi connectivity index (χ2n) is 13.4. The predicted octanol–water partition coefficient (Wildman–Crippen LogP) is 12.2. The highest BCUT2D eigenvalue weighted by Crippen LogP contribution is 2.54. The number of aromatic hydroxyl groups is 5. The molecule has 2 heterocycles. The first kappa shape index (κ1) is 45.9. The van der Waals surface area contributed by atoms with Crippen molar-refractivity contribution in [3.63, 3.8) is 0 Å². The first-order valence-electron chi connectivity index (χ1n) is 20.1. The van der Waals surface area contributed by atoms with Crippen LogP contribution < -0.4 is 10.6 Å². The van der Waals surface area contributed by atoms with E-state index in [1.54, 1.807) is 10.6 Å². The van der Waals surface area contributed by atoms with Crippen LogP contribution in [0.3, 0.4) is 0 Å². The summed E-state index contributed by atoms with van der Waals surface area (Å²) < 4.78 is 3.85. The molecule has 310 valence electrons. The van der Waals surface area contributed by atoms with Crippen LogP contribution in [0.4, 0.5) is 0 Å². The molecule has 5 N–H and O–H groups in total. The van der Waals surface area contributed by atoms with E-state index in [0.29, 0.717) is 11.0 Å². The maximum absolute atomic E-state index is 10.6. The Bertz CT molecular complexity index is 2840. The second kappa shape index (κ2) is 20.8. The molecule has 8 rings (SSSR count). The summed E-state index contributed by atoms with van der Waals surface area (Å²) in [5, 5.41) is 56.8. The Hall–Kier alpha value is -6.77. The molecule has 7 aromatic rings. The van der Waals surface area contributed by atoms with Crippen molar-refractivity contribution >= 4 is 64.6 Å². The van der Waals surface area contributed by atoms with Gasteiger partial charge < -0.3 is 34.7 Å². The number of para-hydroxylation sites is 2. The predicted molar refractivity (Wildman–Crippen MR) is 259 cm³/mol. The molecule has 1 aliphatic carbocycles. The fourth-order valence-electron chi connectivity index (χ4n) is 7.28. The molecule has 0 unspecified atom stereocenters. The molecule has 0 saturated carbocycles. The Morgan fingerprint density at radius 1 is 0.617 bits per heavy atom. The fourth-order valence-corrected chi connectivity index (χ4v) is 7.28. The molecule has 0 saturated heterocycles. The first-order chi connectivity index (χ1) is 28.7. The van der Waals surface area contributed by atoms with Crippen LogP contribution in [0.15, 0.2) is 146 Å². The van der Waals surface area contributed by atoms with Gasteiger partial charge in [-0.1, -0.05) is 162 Å². The molecule has 0 radical (unpaired) electrons. The highest BCUT2D eigenvalue weighted by molar-refractivity contribution is 7.59. The fraction of sp³-hybridized carbons (Fsp3) is 0.154. The van der Waals surface area contributed by atoms with Crippen molar-refractivity contribution in [1.82, 2.24) is 9.13 Å². The van der Waals surface area contributed by atoms with Crippen LogP contribution in [0.5, 0.6) is 28.7 Å². The van der Waals surface area contributed by atoms with Gasteiger partial charge in [-0.2, -0.15) is 13.5 Å². The summed E-state index contributed by atoms with van der Waals surface area (Å²) >= 11 is 0. The minimum Gasteiger partial charge on any atom is -0.503 e. The van der Waals surface area contributed by atoms with Gasteiger partial charge in [0.15, 0.2) is 11.5 Å². The van der Waals surface area contributed by atoms with Crippen molar-refractivity contribution in [3.05, 3.63) is 162 Å². The monoisotopic (exact) mass is 820 g/mol. The van der Waals surface area contributed by atoms with Gasteiger partial charge in [-0.15, -0.1) is 0 Å². The van der Waals surface area contributed by atoms with E-state index < -0.39 is 28.7 Å². The maximum atomic E-state index is 10.6. The maximum Gasteiger partial charge on any atom is 0.208 e. The topological polar surface area (TPSA) is 111 Å². The zero-order valence-corrected chi connectivity index (χ0v) is 36.2. The third kappa shape index (κ3) is 8.79. The standard InChI is InChI=1S/C25H19NO5.C23H23N.2C2H6.H2S/c1-13-6-8-14(9-7-13)15-10-11-17-16-4-2-3-5-18(16)26(19(17)12-15)20-21(27)23(29)25(31)24(30)22(20)28;1-4-11-19(12-5-2)18(6-3)17-24-22-15-9-7-13-20(22)21-14-8-10-16-23(21)24;2*1-2;/h2-12,27-31H,1H3;4-7,9,11-17H,1,3,8,10H2,2H3;2*1-2H3;1H2/b;12-5-,18-17-,19-11-;;;. The third-order valence-electron chi connectivity index (χ3n) is 9.94. The van der Waals surface area contributed by atoms with Crippen molar-refractivity contribution in [3.8, 4) is 45.6 Å². The summed E-state index contributed by atoms with van der Waals surface area (Å²) in [6.45, 7) is 19.9. The zero-order chi connectivity index (χ0) is 42.8. The van der Waals surface area contributed by atoms with Crippen molar-refractivity contribution in [1.29, 1.82) is 0 Å². The highest BCUT2D eigenvalue weighted by atomic mass is 32.1. The molecular formula is C52H56N2O5S. The minimum absolute atomic E-state index is 0. The number of rotatable bonds is 7. The largest absolute Gasteiger partial charge is 0.503 e. The minimum atomic E-state index is -0.986. The normalized spacial score (nSPS) is 12.1. The van der Waals surface area contributed by atoms with Crippen molar-refractivity contribution in [2.24, 2.45) is 0 Å². The highest BCUT2D eigenvalue weighted by Gasteiger charge is 2.27. The molecule has 0 amide bonds. The van der Waals surface area contributed by atoms with Crippen LogP contribution in [0.25, 0.3) is 67.9 Å². The van der Waals surface area contributed by atoms with E-state index in [1.807, 2.05) is 127 Å². The van der Waals surface area contributed by atoms with E-state index in [2.05, 4.69) is 66.4 Å². The first-order valence-corrected chi connectivity index (χ1v) is 20.1. The smallest absolute Gasteiger partial charge is 0.208 e. The molecule has 8 heteroatoms. The van der Waals surface area contributed by atoms with Gasteiger partial charge in [-0.05, 0) is 67.2 Å². The van der Waals surface area contributed by atoms with Crippen molar-refractivity contribution in [2.75, 3.05) is 0 Å². The molecule has 0 fully saturated rings. The number of fused-ring (bicyclic) bond motifs is 6. The van der Waals surface area contributed by atoms with Gasteiger partial charge in [0.25, 0.3) is 0 Å². The van der Waals surface area contributed by atoms with E-state index in [1.165, 1.54) is 21.5 Å². The van der Waals surface area contributed by atoms with Crippen molar-refractivity contribution in [2.45, 2.75) is 54.4 Å². The summed E-state index contributed by atoms with van der Waals surface area (Å²) in [5.74, 6) is -4.29. The van der Waals surface area contributed by atoms with Gasteiger partial charge in [0.05, 0.1) is 16.6 Å². The van der Waals surface area contributed by atoms with Gasteiger partial charge in [0.2, 0.25) is 17.2 Å². The molecule has 0 spiro atoms. The van der Waals surface area contributed by atoms with Crippen LogP contribution in [0.2, 0.25) is 0 Å². The van der Waals surface area contributed by atoms with Gasteiger partial charge in [0.1, 0.15) is 5.69 Å². The Morgan fingerprint density at radius 3 is 1.78 bits per heavy atom. The Morgan fingerprint density at radius 2 is 1.17 bits per heavy atom. The molecule has 0 bridgehead atoms. The van der Waals surface area contributed by atoms with Crippen molar-refractivity contribution < 1.29 is 25.5 Å². The van der Waals surface area contributed by atoms with Gasteiger partial charge in [-0.3, -0.25) is 0 Å². The summed E-state index contributed by atoms with van der Waals surface area (Å²) in [6, 6.07) is 29.9. The van der Waals surface area contributed by atoms with Crippen LogP contribution >= 0.6 is 13.5 Å². The Labute approximate surface area is 359 Å². The van der Waals surface area contributed by atoms with Crippen LogP contribution in [-0.4, -0.2) is 34.7 Å². The summed E-state index contributed by atoms with van der Waals surface area (Å²) in [6.07, 6.45) is 18.9. The molecule has 60 heavy (non-hydrogen) atoms. The number of aromatic nitrogens is 2. The van der Waals surface area contributed by atoms with Crippen LogP contribution in [-0.2, 0) is 0 Å². The number of aryl methyl sites for hydroxylation is 1. The number of allylic oxidation sites excluding steroid dienone is 7. The number of phenolic OH excluding ortho intramolecular Hbond substituents is 5. The lowest BCUT2D eigenvalue weighted by Gasteiger charge is -2.15. The Kier molecular flexibility index (Phi) is 15.9. The second-order valence-corrected chi connectivity index (χ2v) is 13.4. The lowest BCUT2D eigenvalue weighted by Crippen LogP contribution is -2.29. The summed E-state index contributed by atoms with van der Waals surface area (Å²) in [7, 11) is 0. The van der Waals surface area contributed by atoms with Gasteiger partial charge in [-0.25, -0.2) is 0 Å². The molecular weight excluding hydrogens is 765 g/mol. The van der Waals surface area contributed by atoms with E-state index in [9.17, 15) is 25.5 Å². The number of benzene rings is 5. The SMILES string of the molecule is C=C/C=C(/C=C\C)C(\C=C)=C/n1c2c(c3ccccc31)=CCCC=2.CC.CC.Cc1ccc(-c2ccc3c4ccccc4n(-c4c(O)c(O)c(O)c(O)c4O)c3c2)cc1.S. The van der Waals surface area contributed by atoms with Gasteiger partial charge >= 0.3 is 0 Å². The van der Waals surface area contributed by atoms with Gasteiger partial charge in [0, 0.05) is 32.9 Å². The van der Waals surface area contributed by atoms with Crippen LogP contribution in [0.1, 0.15) is 53.0 Å². The number of hydrogen-bond donors (Lipinski definition) is 5. The van der Waals surface area contributed by atoms with Crippen LogP contribution in [0, 0.1) is 6.92 Å². The number of phenols is 5. The molecule has 0 aliphatic heterocycles. The Balaban J connectivity index is 0.000000247. The molecule has 0 atom stereocenters. The van der Waals surface area contributed by atoms with E-state index in [4.69, 9.17) is 0 Å². The zero-order valence-electron chi connectivity index (χ0n) is 35.2. The van der Waals surface area contributed by atoms with E-state index in [0.717, 1.165) is 51.5 Å². The number of hydrogen-bond acceptors (Lipinski definition) is 5. The molecule has 2 aromatic heterocycles. The molecule has 5 aromatic carbocycles. The lowest BCUT2D eigenvalue weighted by atomic mass is 10.0. The quantitative estimate of drug-likeness (QED) is 0.0625.